The lowest BCUT2D eigenvalue weighted by atomic mass is 10.1. The molecule has 1 aromatic carbocycles. The van der Waals surface area contributed by atoms with E-state index < -0.39 is 0 Å². The van der Waals surface area contributed by atoms with Crippen molar-refractivity contribution in [1.82, 2.24) is 15.1 Å². The highest BCUT2D eigenvalue weighted by atomic mass is 19.1. The number of urea groups is 1. The largest absolute Gasteiger partial charge is 0.396 e. The molecule has 3 rings (SSSR count). The van der Waals surface area contributed by atoms with Gasteiger partial charge in [0.05, 0.1) is 0 Å². The minimum Gasteiger partial charge on any atom is -0.396 e. The number of carbonyl (C=O) groups is 1. The second-order valence-corrected chi connectivity index (χ2v) is 7.28. The Labute approximate surface area is 148 Å². The van der Waals surface area contributed by atoms with Gasteiger partial charge in [-0.1, -0.05) is 6.07 Å². The summed E-state index contributed by atoms with van der Waals surface area (Å²) in [7, 11) is 0. The van der Waals surface area contributed by atoms with Crippen LogP contribution in [0, 0.1) is 18.7 Å². The van der Waals surface area contributed by atoms with E-state index in [2.05, 4.69) is 10.2 Å². The second-order valence-electron chi connectivity index (χ2n) is 7.28. The van der Waals surface area contributed by atoms with Crippen LogP contribution in [0.25, 0.3) is 0 Å². The van der Waals surface area contributed by atoms with Gasteiger partial charge in [0.1, 0.15) is 5.82 Å². The molecule has 1 atom stereocenters. The van der Waals surface area contributed by atoms with Crippen molar-refractivity contribution in [3.05, 3.63) is 35.1 Å². The van der Waals surface area contributed by atoms with E-state index in [0.29, 0.717) is 26.1 Å². The molecule has 1 heterocycles. The molecule has 1 aliphatic heterocycles. The summed E-state index contributed by atoms with van der Waals surface area (Å²) in [5, 5.41) is 12.2. The molecule has 2 aliphatic rings. The van der Waals surface area contributed by atoms with E-state index in [-0.39, 0.29) is 24.5 Å². The van der Waals surface area contributed by atoms with Crippen molar-refractivity contribution >= 4 is 6.03 Å². The highest BCUT2D eigenvalue weighted by molar-refractivity contribution is 5.74. The van der Waals surface area contributed by atoms with Crippen molar-refractivity contribution in [2.75, 3.05) is 32.8 Å². The van der Waals surface area contributed by atoms with Gasteiger partial charge in [0.2, 0.25) is 0 Å². The molecule has 2 fully saturated rings. The number of aliphatic hydroxyl groups is 1. The molecule has 2 N–H and O–H groups in total. The minimum absolute atomic E-state index is 0.113. The predicted octanol–water partition coefficient (Wildman–Crippen LogP) is 2.12. The first-order valence-corrected chi connectivity index (χ1v) is 9.19. The Morgan fingerprint density at radius 3 is 2.88 bits per heavy atom. The molecule has 1 saturated heterocycles. The molecule has 0 bridgehead atoms. The molecule has 0 spiro atoms. The van der Waals surface area contributed by atoms with Crippen LogP contribution in [0.3, 0.4) is 0 Å². The number of nitrogens with one attached hydrogen (secondary N) is 1. The highest BCUT2D eigenvalue weighted by Gasteiger charge is 2.33. The summed E-state index contributed by atoms with van der Waals surface area (Å²) >= 11 is 0. The van der Waals surface area contributed by atoms with Crippen molar-refractivity contribution in [2.24, 2.45) is 5.92 Å². The van der Waals surface area contributed by atoms with E-state index in [0.717, 1.165) is 30.1 Å². The monoisotopic (exact) mass is 349 g/mol. The van der Waals surface area contributed by atoms with Gasteiger partial charge in [-0.2, -0.15) is 0 Å². The van der Waals surface area contributed by atoms with E-state index in [9.17, 15) is 14.3 Å². The smallest absolute Gasteiger partial charge is 0.317 e. The molecule has 5 nitrogen and oxygen atoms in total. The maximum atomic E-state index is 13.4. The number of halogens is 1. The van der Waals surface area contributed by atoms with Crippen molar-refractivity contribution in [1.29, 1.82) is 0 Å². The fourth-order valence-electron chi connectivity index (χ4n) is 3.49. The maximum absolute atomic E-state index is 13.4. The zero-order valence-corrected chi connectivity index (χ0v) is 14.9. The normalized spacial score (nSPS) is 21.4. The van der Waals surface area contributed by atoms with Crippen molar-refractivity contribution in [3.63, 3.8) is 0 Å². The molecular weight excluding hydrogens is 321 g/mol. The number of carbonyl (C=O) groups excluding carboxylic acids is 1. The summed E-state index contributed by atoms with van der Waals surface area (Å²) in [4.78, 5) is 16.7. The van der Waals surface area contributed by atoms with E-state index in [1.54, 1.807) is 6.07 Å². The van der Waals surface area contributed by atoms with Gasteiger partial charge in [-0.3, -0.25) is 4.90 Å². The zero-order valence-electron chi connectivity index (χ0n) is 14.9. The molecule has 2 amide bonds. The number of rotatable bonds is 6. The fraction of sp³-hybridized carbons (Fsp3) is 0.632. The third-order valence-corrected chi connectivity index (χ3v) is 5.29. The van der Waals surface area contributed by atoms with Gasteiger partial charge in [0, 0.05) is 45.4 Å². The van der Waals surface area contributed by atoms with Gasteiger partial charge in [-0.25, -0.2) is 9.18 Å². The lowest BCUT2D eigenvalue weighted by molar-refractivity contribution is 0.0702. The molecular formula is C19H28FN3O2. The van der Waals surface area contributed by atoms with Gasteiger partial charge in [-0.15, -0.1) is 0 Å². The number of aliphatic hydroxyl groups excluding tert-OH is 1. The van der Waals surface area contributed by atoms with Crippen LogP contribution in [0.2, 0.25) is 0 Å². The number of aryl methyl sites for hydroxylation is 1. The average Bonchev–Trinajstić information content (AvgIpc) is 3.41. The average molecular weight is 349 g/mol. The summed E-state index contributed by atoms with van der Waals surface area (Å²) < 4.78 is 13.4. The van der Waals surface area contributed by atoms with Gasteiger partial charge in [0.25, 0.3) is 0 Å². The zero-order chi connectivity index (χ0) is 17.8. The van der Waals surface area contributed by atoms with Crippen LogP contribution in [0.15, 0.2) is 18.2 Å². The van der Waals surface area contributed by atoms with E-state index in [4.69, 9.17) is 0 Å². The fourth-order valence-corrected chi connectivity index (χ4v) is 3.49. The SMILES string of the molecule is Cc1ccc(F)cc1CNC(=O)N1CCN(CC2CC2)[C@@H](CCO)C1. The number of hydrogen-bond donors (Lipinski definition) is 2. The predicted molar refractivity (Wildman–Crippen MR) is 94.7 cm³/mol. The van der Waals surface area contributed by atoms with Crippen molar-refractivity contribution in [3.8, 4) is 0 Å². The lowest BCUT2D eigenvalue weighted by Gasteiger charge is -2.41. The summed E-state index contributed by atoms with van der Waals surface area (Å²) in [6.07, 6.45) is 3.30. The lowest BCUT2D eigenvalue weighted by Crippen LogP contribution is -2.57. The molecule has 0 radical (unpaired) electrons. The second kappa shape index (κ2) is 8.15. The Balaban J connectivity index is 1.53. The van der Waals surface area contributed by atoms with Crippen LogP contribution in [0.1, 0.15) is 30.4 Å². The van der Waals surface area contributed by atoms with E-state index in [1.165, 1.54) is 25.0 Å². The third kappa shape index (κ3) is 4.92. The van der Waals surface area contributed by atoms with E-state index in [1.807, 2.05) is 11.8 Å². The number of benzene rings is 1. The van der Waals surface area contributed by atoms with Crippen molar-refractivity contribution < 1.29 is 14.3 Å². The standard InChI is InChI=1S/C19H28FN3O2/c1-14-2-5-17(20)10-16(14)11-21-19(25)23-8-7-22(12-15-3-4-15)18(13-23)6-9-24/h2,5,10,15,18,24H,3-4,6-9,11-13H2,1H3,(H,21,25)/t18-/m0/s1. The van der Waals surface area contributed by atoms with Crippen LogP contribution < -0.4 is 5.32 Å². The van der Waals surface area contributed by atoms with Crippen LogP contribution >= 0.6 is 0 Å². The van der Waals surface area contributed by atoms with Gasteiger partial charge >= 0.3 is 6.03 Å². The summed E-state index contributed by atoms with van der Waals surface area (Å²) in [5.74, 6) is 0.518. The summed E-state index contributed by atoms with van der Waals surface area (Å²) in [6, 6.07) is 4.74. The number of piperazine rings is 1. The first kappa shape index (κ1) is 18.1. The number of hydrogen-bond acceptors (Lipinski definition) is 3. The molecule has 138 valence electrons. The summed E-state index contributed by atoms with van der Waals surface area (Å²) in [6.45, 7) is 5.66. The molecule has 0 unspecified atom stereocenters. The summed E-state index contributed by atoms with van der Waals surface area (Å²) in [5.41, 5.74) is 1.77. The molecule has 1 aromatic rings. The topological polar surface area (TPSA) is 55.8 Å². The third-order valence-electron chi connectivity index (χ3n) is 5.29. The number of amides is 2. The molecule has 1 saturated carbocycles. The Bertz CT molecular complexity index is 606. The van der Waals surface area contributed by atoms with Crippen LogP contribution in [-0.4, -0.2) is 59.8 Å². The quantitative estimate of drug-likeness (QED) is 0.827. The van der Waals surface area contributed by atoms with Gasteiger partial charge in [0.15, 0.2) is 0 Å². The highest BCUT2D eigenvalue weighted by Crippen LogP contribution is 2.31. The number of nitrogens with zero attached hydrogens (tertiary/aromatic N) is 2. The van der Waals surface area contributed by atoms with E-state index >= 15 is 0 Å². The molecule has 1 aliphatic carbocycles. The van der Waals surface area contributed by atoms with Crippen LogP contribution in [-0.2, 0) is 6.54 Å². The van der Waals surface area contributed by atoms with Gasteiger partial charge in [-0.05, 0) is 55.4 Å². The van der Waals surface area contributed by atoms with Gasteiger partial charge < -0.3 is 15.3 Å². The molecule has 6 heteroatoms. The molecule has 25 heavy (non-hydrogen) atoms. The maximum Gasteiger partial charge on any atom is 0.317 e. The Morgan fingerprint density at radius 2 is 2.16 bits per heavy atom. The first-order valence-electron chi connectivity index (χ1n) is 9.19. The Kier molecular flexibility index (Phi) is 5.91. The first-order chi connectivity index (χ1) is 12.1. The van der Waals surface area contributed by atoms with Crippen LogP contribution in [0.4, 0.5) is 9.18 Å². The molecule has 0 aromatic heterocycles. The Hall–Kier alpha value is -1.66. The minimum atomic E-state index is -0.286. The van der Waals surface area contributed by atoms with Crippen LogP contribution in [0.5, 0.6) is 0 Å². The van der Waals surface area contributed by atoms with Crippen molar-refractivity contribution in [2.45, 2.75) is 38.8 Å². The Morgan fingerprint density at radius 1 is 1.36 bits per heavy atom.